The highest BCUT2D eigenvalue weighted by atomic mass is 32.2. The number of amides is 2. The number of aryl methyl sites for hydroxylation is 1. The van der Waals surface area contributed by atoms with E-state index in [4.69, 9.17) is 0 Å². The van der Waals surface area contributed by atoms with Gasteiger partial charge in [-0.15, -0.1) is 0 Å². The zero-order valence-electron chi connectivity index (χ0n) is 15.7. The number of methoxy groups -OCH3 is 1. The first-order valence-corrected chi connectivity index (χ1v) is 9.54. The third-order valence-electron chi connectivity index (χ3n) is 4.10. The Kier molecular flexibility index (Phi) is 6.13. The fourth-order valence-corrected chi connectivity index (χ4v) is 3.44. The Hall–Kier alpha value is -3.40. The maximum atomic E-state index is 12.8. The maximum Gasteiger partial charge on any atom is 0.325 e. The van der Waals surface area contributed by atoms with E-state index in [0.717, 1.165) is 16.3 Å². The first kappa shape index (κ1) is 20.3. The third-order valence-corrected chi connectivity index (χ3v) is 5.08. The van der Waals surface area contributed by atoms with Crippen molar-refractivity contribution in [3.63, 3.8) is 0 Å². The molecule has 0 saturated carbocycles. The molecule has 0 atom stereocenters. The number of nitrogens with one attached hydrogen (secondary N) is 1. The van der Waals surface area contributed by atoms with Gasteiger partial charge < -0.3 is 9.30 Å². The van der Waals surface area contributed by atoms with E-state index < -0.39 is 23.3 Å². The van der Waals surface area contributed by atoms with E-state index in [1.165, 1.54) is 7.11 Å². The number of carbonyl (C=O) groups is 3. The van der Waals surface area contributed by atoms with Crippen molar-refractivity contribution >= 4 is 40.4 Å². The summed E-state index contributed by atoms with van der Waals surface area (Å²) >= 11 is 0.953. The predicted octanol–water partition coefficient (Wildman–Crippen LogP) is 0.957. The topological polar surface area (TPSA) is 112 Å². The van der Waals surface area contributed by atoms with Crippen LogP contribution in [0.4, 0.5) is 0 Å². The van der Waals surface area contributed by atoms with E-state index in [2.05, 4.69) is 15.0 Å². The van der Waals surface area contributed by atoms with Gasteiger partial charge in [0.15, 0.2) is 5.16 Å². The Morgan fingerprint density at radius 2 is 1.93 bits per heavy atom. The van der Waals surface area contributed by atoms with Crippen molar-refractivity contribution in [2.45, 2.75) is 11.7 Å². The van der Waals surface area contributed by atoms with Crippen LogP contribution in [0.1, 0.15) is 10.5 Å². The van der Waals surface area contributed by atoms with Crippen molar-refractivity contribution in [1.29, 1.82) is 0 Å². The minimum atomic E-state index is -0.616. The lowest BCUT2D eigenvalue weighted by atomic mass is 10.2. The minimum absolute atomic E-state index is 0.165. The van der Waals surface area contributed by atoms with Gasteiger partial charge in [-0.25, -0.2) is 4.98 Å². The monoisotopic (exact) mass is 414 g/mol. The average molecular weight is 414 g/mol. The number of imide groups is 1. The highest BCUT2D eigenvalue weighted by Gasteiger charge is 2.17. The van der Waals surface area contributed by atoms with E-state index in [-0.39, 0.29) is 17.5 Å². The van der Waals surface area contributed by atoms with Crippen LogP contribution in [0, 0.1) is 0 Å². The van der Waals surface area contributed by atoms with Crippen molar-refractivity contribution in [1.82, 2.24) is 19.4 Å². The van der Waals surface area contributed by atoms with Crippen LogP contribution in [0.3, 0.4) is 0 Å². The van der Waals surface area contributed by atoms with Crippen LogP contribution in [-0.2, 0) is 27.9 Å². The van der Waals surface area contributed by atoms with Gasteiger partial charge in [-0.3, -0.25) is 29.1 Å². The van der Waals surface area contributed by atoms with E-state index in [0.29, 0.717) is 16.6 Å². The lowest BCUT2D eigenvalue weighted by Gasteiger charge is -2.12. The van der Waals surface area contributed by atoms with Gasteiger partial charge in [-0.05, 0) is 24.3 Å². The number of fused-ring (bicyclic) bond motifs is 1. The van der Waals surface area contributed by atoms with E-state index in [1.54, 1.807) is 54.2 Å². The number of nitrogens with zero attached hydrogens (tertiary/aromatic N) is 3. The summed E-state index contributed by atoms with van der Waals surface area (Å²) in [5, 5.41) is 2.82. The molecule has 3 rings (SSSR count). The number of rotatable bonds is 6. The Labute approximate surface area is 169 Å². The predicted molar refractivity (Wildman–Crippen MR) is 107 cm³/mol. The molecule has 1 N–H and O–H groups in total. The normalized spacial score (nSPS) is 10.7. The molecule has 0 radical (unpaired) electrons. The van der Waals surface area contributed by atoms with Crippen LogP contribution in [0.15, 0.2) is 52.5 Å². The molecule has 0 spiro atoms. The maximum absolute atomic E-state index is 12.8. The summed E-state index contributed by atoms with van der Waals surface area (Å²) in [4.78, 5) is 53.2. The number of hydrogen-bond acceptors (Lipinski definition) is 7. The van der Waals surface area contributed by atoms with Crippen molar-refractivity contribution in [3.05, 3.63) is 58.6 Å². The molecule has 0 saturated heterocycles. The van der Waals surface area contributed by atoms with Crippen molar-refractivity contribution in [3.8, 4) is 0 Å². The molecular formula is C19H18N4O5S. The second kappa shape index (κ2) is 8.74. The smallest absolute Gasteiger partial charge is 0.325 e. The molecule has 0 unspecified atom stereocenters. The third kappa shape index (κ3) is 4.54. The van der Waals surface area contributed by atoms with Gasteiger partial charge in [-0.1, -0.05) is 23.9 Å². The van der Waals surface area contributed by atoms with Gasteiger partial charge >= 0.3 is 5.97 Å². The van der Waals surface area contributed by atoms with Crippen molar-refractivity contribution < 1.29 is 19.1 Å². The summed E-state index contributed by atoms with van der Waals surface area (Å²) in [5.41, 5.74) is 0.375. The highest BCUT2D eigenvalue weighted by molar-refractivity contribution is 7.99. The summed E-state index contributed by atoms with van der Waals surface area (Å²) in [6.45, 7) is -0.334. The number of thioether (sulfide) groups is 1. The molecule has 0 aliphatic heterocycles. The van der Waals surface area contributed by atoms with Crippen molar-refractivity contribution in [2.24, 2.45) is 7.05 Å². The van der Waals surface area contributed by atoms with Gasteiger partial charge in [0.25, 0.3) is 11.5 Å². The van der Waals surface area contributed by atoms with Crippen LogP contribution in [0.2, 0.25) is 0 Å². The zero-order valence-corrected chi connectivity index (χ0v) is 16.6. The number of ether oxygens (including phenoxy) is 1. The molecule has 0 aliphatic carbocycles. The number of benzene rings is 1. The molecule has 2 heterocycles. The average Bonchev–Trinajstić information content (AvgIpc) is 3.14. The standard InChI is InChI=1S/C19H18N4O5S/c1-22-9-5-8-14(22)17(26)21-15(24)11-29-19-20-13-7-4-3-6-12(13)18(27)23(19)10-16(25)28-2/h3-9H,10-11H2,1-2H3,(H,21,24,26). The largest absolute Gasteiger partial charge is 0.468 e. The summed E-state index contributed by atoms with van der Waals surface area (Å²) < 4.78 is 7.39. The molecule has 10 heteroatoms. The highest BCUT2D eigenvalue weighted by Crippen LogP contribution is 2.18. The van der Waals surface area contributed by atoms with E-state index >= 15 is 0 Å². The number of hydrogen-bond donors (Lipinski definition) is 1. The van der Waals surface area contributed by atoms with Crippen LogP contribution < -0.4 is 10.9 Å². The van der Waals surface area contributed by atoms with Gasteiger partial charge in [0, 0.05) is 13.2 Å². The number of carbonyl (C=O) groups excluding carboxylic acids is 3. The molecule has 9 nitrogen and oxygen atoms in total. The molecule has 2 amide bonds. The van der Waals surface area contributed by atoms with Gasteiger partial charge in [0.1, 0.15) is 12.2 Å². The van der Waals surface area contributed by atoms with Crippen LogP contribution in [-0.4, -0.2) is 44.8 Å². The lowest BCUT2D eigenvalue weighted by molar-refractivity contribution is -0.141. The molecule has 0 bridgehead atoms. The first-order valence-electron chi connectivity index (χ1n) is 8.55. The summed E-state index contributed by atoms with van der Waals surface area (Å²) in [6, 6.07) is 10.00. The summed E-state index contributed by atoms with van der Waals surface area (Å²) in [5.74, 6) is -1.86. The minimum Gasteiger partial charge on any atom is -0.468 e. The van der Waals surface area contributed by atoms with E-state index in [9.17, 15) is 19.2 Å². The molecule has 0 fully saturated rings. The van der Waals surface area contributed by atoms with Gasteiger partial charge in [-0.2, -0.15) is 0 Å². The second-order valence-electron chi connectivity index (χ2n) is 6.05. The van der Waals surface area contributed by atoms with Crippen molar-refractivity contribution in [2.75, 3.05) is 12.9 Å². The number of esters is 1. The first-order chi connectivity index (χ1) is 13.9. The SMILES string of the molecule is COC(=O)Cn1c(SCC(=O)NC(=O)c2cccn2C)nc2ccccc2c1=O. The summed E-state index contributed by atoms with van der Waals surface area (Å²) in [7, 11) is 2.91. The fourth-order valence-electron chi connectivity index (χ4n) is 2.64. The van der Waals surface area contributed by atoms with Gasteiger partial charge in [0.2, 0.25) is 5.91 Å². The number of para-hydroxylation sites is 1. The molecular weight excluding hydrogens is 396 g/mol. The molecule has 2 aromatic heterocycles. The molecule has 150 valence electrons. The lowest BCUT2D eigenvalue weighted by Crippen LogP contribution is -2.33. The van der Waals surface area contributed by atoms with Gasteiger partial charge in [0.05, 0.1) is 23.8 Å². The molecule has 1 aromatic carbocycles. The zero-order chi connectivity index (χ0) is 21.0. The molecule has 0 aliphatic rings. The Morgan fingerprint density at radius 3 is 2.62 bits per heavy atom. The number of aromatic nitrogens is 3. The fraction of sp³-hybridized carbons (Fsp3) is 0.211. The molecule has 29 heavy (non-hydrogen) atoms. The van der Waals surface area contributed by atoms with E-state index in [1.807, 2.05) is 0 Å². The molecule has 3 aromatic rings. The van der Waals surface area contributed by atoms with Crippen LogP contribution in [0.25, 0.3) is 10.9 Å². The summed E-state index contributed by atoms with van der Waals surface area (Å²) in [6.07, 6.45) is 1.69. The Balaban J connectivity index is 1.81. The Morgan fingerprint density at radius 1 is 1.17 bits per heavy atom. The Bertz CT molecular complexity index is 1150. The van der Waals surface area contributed by atoms with Crippen LogP contribution >= 0.6 is 11.8 Å². The quantitative estimate of drug-likeness (QED) is 0.363. The van der Waals surface area contributed by atoms with Crippen LogP contribution in [0.5, 0.6) is 0 Å². The second-order valence-corrected chi connectivity index (χ2v) is 6.99.